The van der Waals surface area contributed by atoms with Crippen LogP contribution in [0.3, 0.4) is 0 Å². The predicted octanol–water partition coefficient (Wildman–Crippen LogP) is 2.55. The molecule has 0 bridgehead atoms. The molecule has 1 aromatic heterocycles. The first-order valence-corrected chi connectivity index (χ1v) is 5.74. The van der Waals surface area contributed by atoms with E-state index in [0.29, 0.717) is 5.13 Å². The van der Waals surface area contributed by atoms with Gasteiger partial charge in [0.05, 0.1) is 22.3 Å². The van der Waals surface area contributed by atoms with E-state index in [2.05, 4.69) is 14.4 Å². The highest BCUT2D eigenvalue weighted by atomic mass is 32.2. The van der Waals surface area contributed by atoms with Crippen LogP contribution in [0.1, 0.15) is 0 Å². The maximum Gasteiger partial charge on any atom is 0.210 e. The normalized spacial score (nSPS) is 10.9. The zero-order valence-electron chi connectivity index (χ0n) is 8.15. The minimum absolute atomic E-state index is 0.511. The molecular weight excluding hydrogens is 252 g/mol. The van der Waals surface area contributed by atoms with Gasteiger partial charge in [-0.25, -0.2) is 15.3 Å². The Bertz CT molecular complexity index is 488. The van der Waals surface area contributed by atoms with Crippen LogP contribution >= 0.6 is 23.4 Å². The van der Waals surface area contributed by atoms with Crippen LogP contribution in [0.25, 0.3) is 10.2 Å². The summed E-state index contributed by atoms with van der Waals surface area (Å²) in [4.78, 5) is 4.96. The second-order valence-corrected chi connectivity index (χ2v) is 4.66. The predicted molar refractivity (Wildman–Crippen MR) is 60.5 cm³/mol. The van der Waals surface area contributed by atoms with Gasteiger partial charge in [-0.2, -0.15) is 0 Å². The summed E-state index contributed by atoms with van der Waals surface area (Å²) in [6, 6.07) is 5.39. The molecule has 0 aliphatic rings. The molecule has 0 fully saturated rings. The fourth-order valence-corrected chi connectivity index (χ4v) is 2.49. The number of rotatable bonds is 4. The van der Waals surface area contributed by atoms with Gasteiger partial charge in [-0.05, 0) is 18.2 Å². The molecule has 1 aromatic carbocycles. The first-order valence-electron chi connectivity index (χ1n) is 4.18. The molecule has 6 nitrogen and oxygen atoms in total. The third-order valence-electron chi connectivity index (χ3n) is 1.79. The van der Waals surface area contributed by atoms with Crippen molar-refractivity contribution >= 4 is 38.7 Å². The number of thiazole rings is 1. The van der Waals surface area contributed by atoms with Crippen molar-refractivity contribution < 1.29 is 19.8 Å². The molecule has 2 rings (SSSR count). The third-order valence-corrected chi connectivity index (χ3v) is 3.45. The van der Waals surface area contributed by atoms with E-state index in [-0.39, 0.29) is 0 Å². The minimum atomic E-state index is 0.511. The first-order chi connectivity index (χ1) is 7.70. The molecule has 8 heteroatoms. The van der Waals surface area contributed by atoms with E-state index in [1.807, 2.05) is 6.07 Å². The Morgan fingerprint density at radius 2 is 2.31 bits per heavy atom. The van der Waals surface area contributed by atoms with Crippen molar-refractivity contribution in [1.82, 2.24) is 4.98 Å². The van der Waals surface area contributed by atoms with Gasteiger partial charge in [0.1, 0.15) is 0 Å². The monoisotopic (exact) mass is 260 g/mol. The summed E-state index contributed by atoms with van der Waals surface area (Å²) in [5.74, 6) is 0. The second kappa shape index (κ2) is 4.95. The van der Waals surface area contributed by atoms with E-state index < -0.39 is 0 Å². The average Bonchev–Trinajstić information content (AvgIpc) is 2.69. The molecule has 0 aliphatic carbocycles. The Balaban J connectivity index is 2.30. The second-order valence-electron chi connectivity index (χ2n) is 2.88. The molecule has 0 aliphatic heterocycles. The van der Waals surface area contributed by atoms with Crippen LogP contribution in [0, 0.1) is 0 Å². The number of hydrogen-bond donors (Lipinski definition) is 2. The number of aromatic nitrogens is 1. The maximum absolute atomic E-state index is 9.23. The lowest BCUT2D eigenvalue weighted by Crippen LogP contribution is -2.08. The van der Waals surface area contributed by atoms with Crippen molar-refractivity contribution in [1.29, 1.82) is 0 Å². The van der Waals surface area contributed by atoms with Gasteiger partial charge in [0.2, 0.25) is 5.13 Å². The highest BCUT2D eigenvalue weighted by Crippen LogP contribution is 2.31. The molecule has 0 saturated heterocycles. The Hall–Kier alpha value is -0.900. The first kappa shape index (κ1) is 11.6. The standard InChI is InChI=1S/C8H8N2O4S2/c1-10(11)8-9-6-3-2-5(16-14-13-12)4-7(6)15-8/h2-4,11-12H,1H3. The number of fused-ring (bicyclic) bond motifs is 1. The highest BCUT2D eigenvalue weighted by Gasteiger charge is 2.07. The van der Waals surface area contributed by atoms with E-state index in [9.17, 15) is 5.21 Å². The summed E-state index contributed by atoms with van der Waals surface area (Å²) >= 11 is 2.23. The molecule has 0 radical (unpaired) electrons. The topological polar surface area (TPSA) is 75.1 Å². The van der Waals surface area contributed by atoms with Crippen molar-refractivity contribution in [3.8, 4) is 0 Å². The lowest BCUT2D eigenvalue weighted by atomic mass is 10.3. The minimum Gasteiger partial charge on any atom is -0.287 e. The molecule has 0 unspecified atom stereocenters. The van der Waals surface area contributed by atoms with Crippen LogP contribution in [0.4, 0.5) is 5.13 Å². The molecule has 0 spiro atoms. The lowest BCUT2D eigenvalue weighted by molar-refractivity contribution is -0.432. The Labute approximate surface area is 99.1 Å². The zero-order valence-corrected chi connectivity index (χ0v) is 9.79. The fraction of sp³-hybridized carbons (Fsp3) is 0.125. The number of nitrogens with zero attached hydrogens (tertiary/aromatic N) is 2. The SMILES string of the molecule is CN(O)c1nc2ccc(SOOO)cc2s1. The quantitative estimate of drug-likeness (QED) is 0.497. The van der Waals surface area contributed by atoms with Gasteiger partial charge in [-0.15, -0.1) is 4.33 Å². The lowest BCUT2D eigenvalue weighted by Gasteiger charge is -2.02. The Morgan fingerprint density at radius 1 is 1.50 bits per heavy atom. The summed E-state index contributed by atoms with van der Waals surface area (Å²) < 4.78 is 5.22. The number of hydroxylamine groups is 1. The van der Waals surface area contributed by atoms with Gasteiger partial charge in [-0.1, -0.05) is 16.4 Å². The van der Waals surface area contributed by atoms with Crippen molar-refractivity contribution in [3.63, 3.8) is 0 Å². The molecular formula is C8H8N2O4S2. The van der Waals surface area contributed by atoms with Crippen molar-refractivity contribution in [2.75, 3.05) is 12.1 Å². The van der Waals surface area contributed by atoms with Crippen molar-refractivity contribution in [2.45, 2.75) is 4.90 Å². The van der Waals surface area contributed by atoms with Crippen LogP contribution < -0.4 is 5.06 Å². The fourth-order valence-electron chi connectivity index (χ4n) is 1.14. The smallest absolute Gasteiger partial charge is 0.210 e. The molecule has 0 atom stereocenters. The Morgan fingerprint density at radius 3 is 3.00 bits per heavy atom. The number of benzene rings is 1. The van der Waals surface area contributed by atoms with Crippen molar-refractivity contribution in [3.05, 3.63) is 18.2 Å². The van der Waals surface area contributed by atoms with Gasteiger partial charge in [0.25, 0.3) is 0 Å². The van der Waals surface area contributed by atoms with Crippen LogP contribution in [0.5, 0.6) is 0 Å². The van der Waals surface area contributed by atoms with E-state index in [1.54, 1.807) is 12.1 Å². The van der Waals surface area contributed by atoms with Gasteiger partial charge in [0, 0.05) is 11.9 Å². The van der Waals surface area contributed by atoms with Gasteiger partial charge in [-0.3, -0.25) is 5.21 Å². The zero-order chi connectivity index (χ0) is 11.5. The summed E-state index contributed by atoms with van der Waals surface area (Å²) in [6.45, 7) is 0. The van der Waals surface area contributed by atoms with Gasteiger partial charge >= 0.3 is 0 Å². The maximum atomic E-state index is 9.23. The molecule has 86 valence electrons. The van der Waals surface area contributed by atoms with Crippen LogP contribution in [0.15, 0.2) is 23.1 Å². The molecule has 16 heavy (non-hydrogen) atoms. The summed E-state index contributed by atoms with van der Waals surface area (Å²) in [6.07, 6.45) is 0. The number of anilines is 1. The largest absolute Gasteiger partial charge is 0.287 e. The molecule has 0 saturated carbocycles. The Kier molecular flexibility index (Phi) is 3.59. The third kappa shape index (κ3) is 2.43. The van der Waals surface area contributed by atoms with Gasteiger partial charge < -0.3 is 0 Å². The van der Waals surface area contributed by atoms with Crippen LogP contribution in [-0.4, -0.2) is 22.5 Å². The van der Waals surface area contributed by atoms with Crippen LogP contribution in [-0.2, 0) is 9.37 Å². The molecule has 2 N–H and O–H groups in total. The van der Waals surface area contributed by atoms with Gasteiger partial charge in [0.15, 0.2) is 0 Å². The van der Waals surface area contributed by atoms with E-state index >= 15 is 0 Å². The van der Waals surface area contributed by atoms with E-state index in [1.165, 1.54) is 18.4 Å². The number of hydrogen-bond acceptors (Lipinski definition) is 8. The summed E-state index contributed by atoms with van der Waals surface area (Å²) in [7, 11) is 1.51. The summed E-state index contributed by atoms with van der Waals surface area (Å²) in [5.41, 5.74) is 0.787. The van der Waals surface area contributed by atoms with E-state index in [4.69, 9.17) is 5.26 Å². The summed E-state index contributed by atoms with van der Waals surface area (Å²) in [5, 5.41) is 22.2. The molecule has 0 amide bonds. The van der Waals surface area contributed by atoms with Crippen LogP contribution in [0.2, 0.25) is 0 Å². The van der Waals surface area contributed by atoms with Crippen molar-refractivity contribution in [2.24, 2.45) is 0 Å². The molecule has 2 aromatic rings. The average molecular weight is 260 g/mol. The van der Waals surface area contributed by atoms with E-state index in [0.717, 1.165) is 32.2 Å². The molecule has 1 heterocycles. The highest BCUT2D eigenvalue weighted by molar-refractivity contribution is 7.94.